The zero-order valence-corrected chi connectivity index (χ0v) is 9.88. The van der Waals surface area contributed by atoms with Gasteiger partial charge in [-0.05, 0) is 30.4 Å². The van der Waals surface area contributed by atoms with Crippen LogP contribution >= 0.6 is 0 Å². The van der Waals surface area contributed by atoms with E-state index in [0.29, 0.717) is 0 Å². The summed E-state index contributed by atoms with van der Waals surface area (Å²) in [7, 11) is 1.64. The second-order valence-electron chi connectivity index (χ2n) is 3.85. The number of hydrogen-bond acceptors (Lipinski definition) is 3. The van der Waals surface area contributed by atoms with Gasteiger partial charge < -0.3 is 14.1 Å². The molecule has 18 heavy (non-hydrogen) atoms. The van der Waals surface area contributed by atoms with Crippen LogP contribution in [0, 0.1) is 0 Å². The number of rotatable bonds is 3. The minimum atomic E-state index is 0.768. The number of nitrogens with zero attached hydrogens (tertiary/aromatic N) is 1. The lowest BCUT2D eigenvalue weighted by Crippen LogP contribution is -1.83. The zero-order chi connectivity index (χ0) is 12.4. The maximum Gasteiger partial charge on any atom is 0.150 e. The van der Waals surface area contributed by atoms with E-state index < -0.39 is 0 Å². The molecule has 1 N–H and O–H groups in total. The molecule has 0 fully saturated rings. The summed E-state index contributed by atoms with van der Waals surface area (Å²) >= 11 is 0. The molecule has 90 valence electrons. The van der Waals surface area contributed by atoms with Crippen LogP contribution in [0.4, 0.5) is 0 Å². The highest BCUT2D eigenvalue weighted by Crippen LogP contribution is 2.29. The molecule has 0 atom stereocenters. The largest absolute Gasteiger partial charge is 0.494 e. The van der Waals surface area contributed by atoms with Crippen molar-refractivity contribution < 1.29 is 9.15 Å². The van der Waals surface area contributed by atoms with Crippen LogP contribution in [-0.2, 0) is 0 Å². The predicted octanol–water partition coefficient (Wildman–Crippen LogP) is 3.26. The maximum atomic E-state index is 5.35. The third-order valence-corrected chi connectivity index (χ3v) is 2.69. The lowest BCUT2D eigenvalue weighted by atomic mass is 10.3. The third-order valence-electron chi connectivity index (χ3n) is 2.69. The molecule has 0 radical (unpaired) electrons. The molecule has 4 nitrogen and oxygen atoms in total. The Hall–Kier alpha value is -2.49. The van der Waals surface area contributed by atoms with Crippen LogP contribution in [0.3, 0.4) is 0 Å². The normalized spacial score (nSPS) is 15.7. The Labute approximate surface area is 104 Å². The number of aliphatic imine (C=N–C) groups is 1. The minimum Gasteiger partial charge on any atom is -0.494 e. The van der Waals surface area contributed by atoms with Gasteiger partial charge in [0, 0.05) is 12.3 Å². The molecule has 3 heterocycles. The van der Waals surface area contributed by atoms with Crippen molar-refractivity contribution in [3.8, 4) is 17.2 Å². The number of nitrogens with one attached hydrogen (secondary N) is 1. The molecule has 1 aliphatic heterocycles. The second-order valence-corrected chi connectivity index (χ2v) is 3.85. The quantitative estimate of drug-likeness (QED) is 0.895. The number of aromatic nitrogens is 1. The molecular weight excluding hydrogens is 228 g/mol. The Morgan fingerprint density at radius 1 is 1.44 bits per heavy atom. The van der Waals surface area contributed by atoms with Gasteiger partial charge in [0.15, 0.2) is 0 Å². The van der Waals surface area contributed by atoms with Crippen LogP contribution in [0.2, 0.25) is 0 Å². The molecule has 0 saturated carbocycles. The SMILES string of the molecule is COc1cc(-c2ccco2)[nH]c1C=C1C=CC=N1. The molecule has 0 unspecified atom stereocenters. The third kappa shape index (κ3) is 1.88. The van der Waals surface area contributed by atoms with Gasteiger partial charge in [-0.15, -0.1) is 0 Å². The van der Waals surface area contributed by atoms with E-state index in [1.807, 2.05) is 36.4 Å². The molecule has 2 aromatic rings. The molecular formula is C14H12N2O2. The van der Waals surface area contributed by atoms with Gasteiger partial charge in [0.2, 0.25) is 0 Å². The summed E-state index contributed by atoms with van der Waals surface area (Å²) in [6.45, 7) is 0. The fraction of sp³-hybridized carbons (Fsp3) is 0.0714. The summed E-state index contributed by atoms with van der Waals surface area (Å²) in [5.41, 5.74) is 2.65. The van der Waals surface area contributed by atoms with Crippen LogP contribution in [0.1, 0.15) is 5.69 Å². The molecule has 0 spiro atoms. The average molecular weight is 240 g/mol. The molecule has 4 heteroatoms. The topological polar surface area (TPSA) is 50.5 Å². The first kappa shape index (κ1) is 10.7. The van der Waals surface area contributed by atoms with Crippen molar-refractivity contribution in [3.63, 3.8) is 0 Å². The van der Waals surface area contributed by atoms with Gasteiger partial charge in [0.25, 0.3) is 0 Å². The van der Waals surface area contributed by atoms with Gasteiger partial charge in [0.05, 0.1) is 30.5 Å². The summed E-state index contributed by atoms with van der Waals surface area (Å²) in [5.74, 6) is 1.55. The van der Waals surface area contributed by atoms with Gasteiger partial charge in [0.1, 0.15) is 11.5 Å². The molecule has 0 saturated heterocycles. The van der Waals surface area contributed by atoms with Gasteiger partial charge in [-0.25, -0.2) is 0 Å². The van der Waals surface area contributed by atoms with Gasteiger partial charge in [-0.3, -0.25) is 4.99 Å². The van der Waals surface area contributed by atoms with Crippen LogP contribution in [-0.4, -0.2) is 18.3 Å². The van der Waals surface area contributed by atoms with Crippen molar-refractivity contribution in [3.05, 3.63) is 48.0 Å². The fourth-order valence-corrected chi connectivity index (χ4v) is 1.84. The monoisotopic (exact) mass is 240 g/mol. The molecule has 0 amide bonds. The number of aromatic amines is 1. The highest BCUT2D eigenvalue weighted by molar-refractivity contribution is 5.80. The Balaban J connectivity index is 2.01. The van der Waals surface area contributed by atoms with Crippen LogP contribution in [0.5, 0.6) is 5.75 Å². The zero-order valence-electron chi connectivity index (χ0n) is 9.88. The fourth-order valence-electron chi connectivity index (χ4n) is 1.84. The summed E-state index contributed by atoms with van der Waals surface area (Å²) in [6.07, 6.45) is 9.17. The van der Waals surface area contributed by atoms with Crippen molar-refractivity contribution in [2.45, 2.75) is 0 Å². The Bertz CT molecular complexity index is 617. The van der Waals surface area contributed by atoms with Crippen molar-refractivity contribution in [2.75, 3.05) is 7.11 Å². The van der Waals surface area contributed by atoms with Crippen LogP contribution in [0.15, 0.2) is 51.7 Å². The van der Waals surface area contributed by atoms with E-state index >= 15 is 0 Å². The molecule has 1 aliphatic rings. The number of H-pyrrole nitrogens is 1. The molecule has 2 aromatic heterocycles. The number of methoxy groups -OCH3 is 1. The van der Waals surface area contributed by atoms with Crippen molar-refractivity contribution in [1.82, 2.24) is 4.98 Å². The van der Waals surface area contributed by atoms with E-state index in [1.165, 1.54) is 0 Å². The minimum absolute atomic E-state index is 0.768. The highest BCUT2D eigenvalue weighted by atomic mass is 16.5. The van der Waals surface area contributed by atoms with Gasteiger partial charge in [-0.2, -0.15) is 0 Å². The smallest absolute Gasteiger partial charge is 0.150 e. The average Bonchev–Trinajstić information content (AvgIpc) is 3.10. The highest BCUT2D eigenvalue weighted by Gasteiger charge is 2.10. The van der Waals surface area contributed by atoms with E-state index in [9.17, 15) is 0 Å². The number of ether oxygens (including phenoxy) is 1. The molecule has 3 rings (SSSR count). The Morgan fingerprint density at radius 3 is 3.06 bits per heavy atom. The Morgan fingerprint density at radius 2 is 2.39 bits per heavy atom. The van der Waals surface area contributed by atoms with E-state index in [2.05, 4.69) is 9.98 Å². The first-order chi connectivity index (χ1) is 8.86. The van der Waals surface area contributed by atoms with Gasteiger partial charge in [-0.1, -0.05) is 0 Å². The summed E-state index contributed by atoms with van der Waals surface area (Å²) in [4.78, 5) is 7.46. The standard InChI is InChI=1S/C14H12N2O2/c1-17-14-9-12(13-5-3-7-18-13)16-11(14)8-10-4-2-6-15-10/h2-9,16H,1H3. The first-order valence-corrected chi connectivity index (χ1v) is 5.60. The first-order valence-electron chi connectivity index (χ1n) is 5.60. The van der Waals surface area contributed by atoms with Crippen LogP contribution < -0.4 is 4.74 Å². The van der Waals surface area contributed by atoms with Crippen LogP contribution in [0.25, 0.3) is 17.5 Å². The maximum absolute atomic E-state index is 5.35. The number of furan rings is 1. The van der Waals surface area contributed by atoms with E-state index in [-0.39, 0.29) is 0 Å². The second kappa shape index (κ2) is 4.41. The lowest BCUT2D eigenvalue weighted by Gasteiger charge is -1.96. The van der Waals surface area contributed by atoms with Crippen molar-refractivity contribution >= 4 is 12.3 Å². The van der Waals surface area contributed by atoms with Gasteiger partial charge >= 0.3 is 0 Å². The van der Waals surface area contributed by atoms with E-state index in [4.69, 9.17) is 9.15 Å². The van der Waals surface area contributed by atoms with E-state index in [0.717, 1.165) is 28.6 Å². The van der Waals surface area contributed by atoms with E-state index in [1.54, 1.807) is 19.6 Å². The molecule has 0 aromatic carbocycles. The lowest BCUT2D eigenvalue weighted by molar-refractivity contribution is 0.414. The molecule has 0 bridgehead atoms. The molecule has 0 aliphatic carbocycles. The van der Waals surface area contributed by atoms with Crippen molar-refractivity contribution in [1.29, 1.82) is 0 Å². The number of allylic oxidation sites excluding steroid dienone is 2. The summed E-state index contributed by atoms with van der Waals surface area (Å²) in [5, 5.41) is 0. The Kier molecular flexibility index (Phi) is 2.61. The predicted molar refractivity (Wildman–Crippen MR) is 70.7 cm³/mol. The number of hydrogen-bond donors (Lipinski definition) is 1. The summed E-state index contributed by atoms with van der Waals surface area (Å²) < 4.78 is 10.7. The van der Waals surface area contributed by atoms with Crippen molar-refractivity contribution in [2.24, 2.45) is 4.99 Å². The summed E-state index contributed by atoms with van der Waals surface area (Å²) in [6, 6.07) is 5.66.